The molecule has 0 amide bonds. The van der Waals surface area contributed by atoms with Gasteiger partial charge in [-0.3, -0.25) is 14.9 Å². The van der Waals surface area contributed by atoms with Crippen molar-refractivity contribution in [2.24, 2.45) is 0 Å². The van der Waals surface area contributed by atoms with Crippen LogP contribution in [0.5, 0.6) is 11.5 Å². The Bertz CT molecular complexity index is 1300. The van der Waals surface area contributed by atoms with Gasteiger partial charge in [0.25, 0.3) is 0 Å². The number of aliphatic hydroxyl groups is 1. The topological polar surface area (TPSA) is 136 Å². The number of aldehydes is 1. The van der Waals surface area contributed by atoms with Gasteiger partial charge in [-0.05, 0) is 39.8 Å². The number of carbonyl (C=O) groups excluding carboxylic acids is 1. The molecule has 0 aliphatic carbocycles. The largest absolute Gasteiger partial charge is 0.493 e. The van der Waals surface area contributed by atoms with Gasteiger partial charge in [0, 0.05) is 4.92 Å². The van der Waals surface area contributed by atoms with Crippen molar-refractivity contribution in [3.63, 3.8) is 0 Å². The summed E-state index contributed by atoms with van der Waals surface area (Å²) in [5.41, 5.74) is 0.108. The molecule has 11 nitrogen and oxygen atoms in total. The van der Waals surface area contributed by atoms with Gasteiger partial charge in [-0.1, -0.05) is 23.2 Å². The van der Waals surface area contributed by atoms with Gasteiger partial charge in [0.05, 0.1) is 71.9 Å². The Labute approximate surface area is 250 Å². The summed E-state index contributed by atoms with van der Waals surface area (Å²) in [5.74, 6) is -4.01. The van der Waals surface area contributed by atoms with Crippen LogP contribution in [0.3, 0.4) is 0 Å². The maximum absolute atomic E-state index is 14.4. The van der Waals surface area contributed by atoms with Gasteiger partial charge >= 0.3 is 0 Å². The van der Waals surface area contributed by atoms with E-state index in [1.54, 1.807) is 27.7 Å². The Kier molecular flexibility index (Phi) is 11.5. The Balaban J connectivity index is 0.000000235. The van der Waals surface area contributed by atoms with E-state index in [0.29, 0.717) is 38.3 Å². The van der Waals surface area contributed by atoms with Crippen molar-refractivity contribution in [3.8, 4) is 11.5 Å². The standard InChI is InChI=1S/C14H17ClFNO6.C13H14ClFO4/c1-3-21-13-8(14(2)22-4-5-23-14)6-9(15)12(16)11(13)10(18)7-17(19)20;1-3-17-12-8(7-16)11(15)10(14)6-9(12)13(2)18-4-5-19-13/h6,10,18H,3-5,7H2,1-2H3;6-7H,3-5H2,1-2H3/t10-;/m0./s1. The third kappa shape index (κ3) is 7.10. The van der Waals surface area contributed by atoms with Crippen molar-refractivity contribution in [3.05, 3.63) is 66.2 Å². The summed E-state index contributed by atoms with van der Waals surface area (Å²) in [5, 5.41) is 20.2. The number of hydrogen-bond acceptors (Lipinski definition) is 10. The molecular weight excluding hydrogens is 607 g/mol. The molecule has 0 spiro atoms. The highest BCUT2D eigenvalue weighted by Crippen LogP contribution is 2.44. The summed E-state index contributed by atoms with van der Waals surface area (Å²) in [6, 6.07) is 2.66. The maximum Gasteiger partial charge on any atom is 0.233 e. The van der Waals surface area contributed by atoms with E-state index in [1.165, 1.54) is 12.1 Å². The fraction of sp³-hybridized carbons (Fsp3) is 0.519. The number of nitro groups is 1. The summed E-state index contributed by atoms with van der Waals surface area (Å²) < 4.78 is 61.1. The lowest BCUT2D eigenvalue weighted by atomic mass is 9.98. The number of ether oxygens (including phenoxy) is 6. The molecule has 1 N–H and O–H groups in total. The number of benzene rings is 2. The van der Waals surface area contributed by atoms with Crippen molar-refractivity contribution in [1.29, 1.82) is 0 Å². The second-order valence-electron chi connectivity index (χ2n) is 9.23. The fourth-order valence-corrected chi connectivity index (χ4v) is 4.93. The number of halogens is 4. The Morgan fingerprint density at radius 3 is 1.81 bits per heavy atom. The van der Waals surface area contributed by atoms with Gasteiger partial charge in [-0.2, -0.15) is 0 Å². The minimum atomic E-state index is -1.71. The molecule has 0 saturated carbocycles. The molecule has 232 valence electrons. The smallest absolute Gasteiger partial charge is 0.233 e. The van der Waals surface area contributed by atoms with Crippen LogP contribution in [0.25, 0.3) is 0 Å². The summed E-state index contributed by atoms with van der Waals surface area (Å²) in [6.07, 6.45) is -1.33. The molecule has 4 rings (SSSR count). The van der Waals surface area contributed by atoms with E-state index in [2.05, 4.69) is 0 Å². The lowest BCUT2D eigenvalue weighted by molar-refractivity contribution is -0.491. The van der Waals surface area contributed by atoms with E-state index in [9.17, 15) is 28.8 Å². The molecule has 2 heterocycles. The monoisotopic (exact) mass is 637 g/mol. The molecular formula is C27H31Cl2F2NO10. The highest BCUT2D eigenvalue weighted by atomic mass is 35.5. The van der Waals surface area contributed by atoms with E-state index in [4.69, 9.17) is 51.6 Å². The number of aliphatic hydroxyl groups excluding tert-OH is 1. The Hall–Kier alpha value is -2.65. The van der Waals surface area contributed by atoms with Crippen LogP contribution in [-0.4, -0.2) is 62.5 Å². The van der Waals surface area contributed by atoms with E-state index >= 15 is 0 Å². The maximum atomic E-state index is 14.4. The molecule has 0 bridgehead atoms. The second kappa shape index (κ2) is 14.2. The Morgan fingerprint density at radius 2 is 1.38 bits per heavy atom. The van der Waals surface area contributed by atoms with Crippen molar-refractivity contribution >= 4 is 29.5 Å². The zero-order valence-electron chi connectivity index (χ0n) is 23.3. The normalized spacial score (nSPS) is 17.7. The first-order valence-corrected chi connectivity index (χ1v) is 13.7. The van der Waals surface area contributed by atoms with E-state index in [1.807, 2.05) is 0 Å². The van der Waals surface area contributed by atoms with Crippen LogP contribution in [0.2, 0.25) is 10.0 Å². The zero-order valence-corrected chi connectivity index (χ0v) is 24.9. The summed E-state index contributed by atoms with van der Waals surface area (Å²) in [4.78, 5) is 21.0. The number of nitrogens with zero attached hydrogens (tertiary/aromatic N) is 1. The van der Waals surface area contributed by atoms with Gasteiger partial charge in [0.1, 0.15) is 17.6 Å². The molecule has 2 aliphatic rings. The van der Waals surface area contributed by atoms with Gasteiger partial charge in [0.2, 0.25) is 6.54 Å². The highest BCUT2D eigenvalue weighted by molar-refractivity contribution is 6.31. The van der Waals surface area contributed by atoms with Crippen LogP contribution in [0.1, 0.15) is 60.8 Å². The first-order valence-electron chi connectivity index (χ1n) is 12.9. The van der Waals surface area contributed by atoms with Crippen molar-refractivity contribution in [1.82, 2.24) is 0 Å². The Morgan fingerprint density at radius 1 is 0.952 bits per heavy atom. The van der Waals surface area contributed by atoms with E-state index in [-0.39, 0.29) is 51.4 Å². The third-order valence-corrected chi connectivity index (χ3v) is 6.97. The van der Waals surface area contributed by atoms with Crippen molar-refractivity contribution < 1.29 is 52.0 Å². The molecule has 2 aromatic rings. The van der Waals surface area contributed by atoms with Crippen LogP contribution in [0.15, 0.2) is 12.1 Å². The average molecular weight is 638 g/mol. The van der Waals surface area contributed by atoms with Crippen LogP contribution in [0, 0.1) is 21.7 Å². The molecule has 0 aromatic heterocycles. The lowest BCUT2D eigenvalue weighted by Crippen LogP contribution is -2.25. The van der Waals surface area contributed by atoms with Crippen molar-refractivity contribution in [2.45, 2.75) is 45.4 Å². The summed E-state index contributed by atoms with van der Waals surface area (Å²) in [6.45, 7) is 7.72. The van der Waals surface area contributed by atoms with Gasteiger partial charge in [-0.15, -0.1) is 0 Å². The summed E-state index contributed by atoms with van der Waals surface area (Å²) in [7, 11) is 0. The quantitative estimate of drug-likeness (QED) is 0.207. The molecule has 0 unspecified atom stereocenters. The average Bonchev–Trinajstić information content (AvgIpc) is 3.58. The van der Waals surface area contributed by atoms with Crippen LogP contribution < -0.4 is 9.47 Å². The van der Waals surface area contributed by atoms with Crippen LogP contribution >= 0.6 is 23.2 Å². The van der Waals surface area contributed by atoms with E-state index in [0.717, 1.165) is 0 Å². The lowest BCUT2D eigenvalue weighted by Gasteiger charge is -2.28. The SMILES string of the molecule is CCOc1c(C2(C)OCCO2)cc(Cl)c(F)c1C=O.CCOc1c(C2(C)OCCO2)cc(Cl)c(F)c1[C@@H](O)C[N+](=O)[O-]. The zero-order chi connectivity index (χ0) is 31.2. The number of hydrogen-bond donors (Lipinski definition) is 1. The number of rotatable bonds is 10. The first-order chi connectivity index (χ1) is 19.8. The predicted molar refractivity (Wildman–Crippen MR) is 146 cm³/mol. The predicted octanol–water partition coefficient (Wildman–Crippen LogP) is 5.32. The third-order valence-electron chi connectivity index (χ3n) is 6.42. The van der Waals surface area contributed by atoms with Gasteiger partial charge in [0.15, 0.2) is 29.5 Å². The second-order valence-corrected chi connectivity index (χ2v) is 10.0. The summed E-state index contributed by atoms with van der Waals surface area (Å²) >= 11 is 11.7. The molecule has 42 heavy (non-hydrogen) atoms. The molecule has 2 saturated heterocycles. The molecule has 15 heteroatoms. The number of carbonyl (C=O) groups is 1. The highest BCUT2D eigenvalue weighted by Gasteiger charge is 2.40. The first kappa shape index (κ1) is 33.8. The van der Waals surface area contributed by atoms with Gasteiger partial charge in [-0.25, -0.2) is 8.78 Å². The van der Waals surface area contributed by atoms with Crippen LogP contribution in [-0.2, 0) is 30.5 Å². The molecule has 2 fully saturated rings. The van der Waals surface area contributed by atoms with Gasteiger partial charge < -0.3 is 33.5 Å². The minimum Gasteiger partial charge on any atom is -0.493 e. The fourth-order valence-electron chi connectivity index (χ4n) is 4.51. The minimum absolute atomic E-state index is 0.0480. The molecule has 0 radical (unpaired) electrons. The molecule has 2 aromatic carbocycles. The van der Waals surface area contributed by atoms with E-state index < -0.39 is 40.8 Å². The molecule has 2 aliphatic heterocycles. The van der Waals surface area contributed by atoms with Crippen molar-refractivity contribution in [2.75, 3.05) is 46.2 Å². The van der Waals surface area contributed by atoms with Crippen LogP contribution in [0.4, 0.5) is 8.78 Å². The molecule has 1 atom stereocenters.